The van der Waals surface area contributed by atoms with E-state index < -0.39 is 6.10 Å². The smallest absolute Gasteiger partial charge is 0.237 e. The fourth-order valence-corrected chi connectivity index (χ4v) is 6.07. The van der Waals surface area contributed by atoms with E-state index >= 15 is 0 Å². The molecule has 5 heterocycles. The molecule has 0 radical (unpaired) electrons. The van der Waals surface area contributed by atoms with Crippen molar-refractivity contribution < 1.29 is 14.2 Å². The number of anilines is 1. The zero-order valence-corrected chi connectivity index (χ0v) is 25.7. The number of aromatic nitrogens is 5. The molecule has 0 bridgehead atoms. The highest BCUT2D eigenvalue weighted by molar-refractivity contribution is 6.35. The Balaban J connectivity index is 1.39. The molecule has 4 aromatic heterocycles. The summed E-state index contributed by atoms with van der Waals surface area (Å²) in [6.45, 7) is 5.18. The van der Waals surface area contributed by atoms with E-state index in [-0.39, 0.29) is 6.23 Å². The number of rotatable bonds is 9. The van der Waals surface area contributed by atoms with E-state index in [2.05, 4.69) is 20.3 Å². The summed E-state index contributed by atoms with van der Waals surface area (Å²) in [6, 6.07) is 12.0. The average molecular weight is 620 g/mol. The van der Waals surface area contributed by atoms with Gasteiger partial charge in [0.1, 0.15) is 17.5 Å². The summed E-state index contributed by atoms with van der Waals surface area (Å²) in [5, 5.41) is 10.4. The normalized spacial score (nSPS) is 15.8. The fraction of sp³-hybridized carbons (Fsp3) is 0.312. The molecule has 2 atom stereocenters. The first kappa shape index (κ1) is 29.2. The van der Waals surface area contributed by atoms with Crippen LogP contribution in [0.4, 0.5) is 5.69 Å². The molecule has 43 heavy (non-hydrogen) atoms. The van der Waals surface area contributed by atoms with Gasteiger partial charge in [0.05, 0.1) is 28.4 Å². The van der Waals surface area contributed by atoms with Gasteiger partial charge in [-0.1, -0.05) is 23.2 Å². The van der Waals surface area contributed by atoms with Crippen molar-refractivity contribution in [1.29, 1.82) is 0 Å². The monoisotopic (exact) mass is 618 g/mol. The number of pyridine rings is 3. The van der Waals surface area contributed by atoms with Gasteiger partial charge in [0.15, 0.2) is 6.23 Å². The molecule has 1 fully saturated rings. The number of nitrogens with zero attached hydrogens (tertiary/aromatic N) is 5. The summed E-state index contributed by atoms with van der Waals surface area (Å²) in [4.78, 5) is 13.0. The van der Waals surface area contributed by atoms with Gasteiger partial charge >= 0.3 is 0 Å². The van der Waals surface area contributed by atoms with Crippen LogP contribution in [0.1, 0.15) is 55.3 Å². The molecular formula is C32H32Cl2N6O3. The SMILES string of the molecule is COc1ncc(-c2nn(C3CCCCO3)c3ccc(O[C@H](C)c4c(Cl)cncc4Cl)cc23)cc1NCc1ccnc(C)c1. The van der Waals surface area contributed by atoms with Crippen LogP contribution in [-0.2, 0) is 11.3 Å². The summed E-state index contributed by atoms with van der Waals surface area (Å²) < 4.78 is 20.1. The van der Waals surface area contributed by atoms with Crippen LogP contribution in [-0.4, -0.2) is 38.4 Å². The number of ether oxygens (including phenoxy) is 3. The lowest BCUT2D eigenvalue weighted by Gasteiger charge is -2.23. The second-order valence-corrected chi connectivity index (χ2v) is 11.3. The molecule has 1 aliphatic heterocycles. The van der Waals surface area contributed by atoms with E-state index in [4.69, 9.17) is 42.5 Å². The van der Waals surface area contributed by atoms with E-state index in [1.165, 1.54) is 0 Å². The minimum atomic E-state index is -0.407. The molecule has 1 unspecified atom stereocenters. The number of hydrogen-bond donors (Lipinski definition) is 1. The van der Waals surface area contributed by atoms with Crippen LogP contribution in [0.15, 0.2) is 61.2 Å². The minimum Gasteiger partial charge on any atom is -0.486 e. The number of benzene rings is 1. The summed E-state index contributed by atoms with van der Waals surface area (Å²) >= 11 is 12.8. The number of methoxy groups -OCH3 is 1. The summed E-state index contributed by atoms with van der Waals surface area (Å²) in [5.74, 6) is 1.15. The molecule has 9 nitrogen and oxygen atoms in total. The van der Waals surface area contributed by atoms with Crippen molar-refractivity contribution in [3.8, 4) is 22.9 Å². The van der Waals surface area contributed by atoms with E-state index in [1.807, 2.05) is 61.1 Å². The third-order valence-corrected chi connectivity index (χ3v) is 8.08. The Bertz CT molecular complexity index is 1730. The van der Waals surface area contributed by atoms with Crippen LogP contribution in [0.3, 0.4) is 0 Å². The highest BCUT2D eigenvalue weighted by atomic mass is 35.5. The van der Waals surface area contributed by atoms with E-state index in [9.17, 15) is 0 Å². The Morgan fingerprint density at radius 1 is 1.07 bits per heavy atom. The van der Waals surface area contributed by atoms with E-state index in [1.54, 1.807) is 25.7 Å². The van der Waals surface area contributed by atoms with Gasteiger partial charge in [0.2, 0.25) is 5.88 Å². The van der Waals surface area contributed by atoms with Gasteiger partial charge in [-0.25, -0.2) is 9.67 Å². The Hall–Kier alpha value is -3.92. The fourth-order valence-electron chi connectivity index (χ4n) is 5.40. The Morgan fingerprint density at radius 2 is 1.91 bits per heavy atom. The summed E-state index contributed by atoms with van der Waals surface area (Å²) in [7, 11) is 1.61. The van der Waals surface area contributed by atoms with Gasteiger partial charge < -0.3 is 19.5 Å². The van der Waals surface area contributed by atoms with Crippen LogP contribution in [0, 0.1) is 6.92 Å². The maximum atomic E-state index is 6.41. The van der Waals surface area contributed by atoms with Crippen molar-refractivity contribution in [2.75, 3.05) is 19.0 Å². The predicted octanol–water partition coefficient (Wildman–Crippen LogP) is 7.96. The molecule has 1 N–H and O–H groups in total. The lowest BCUT2D eigenvalue weighted by molar-refractivity contribution is -0.0365. The van der Waals surface area contributed by atoms with Crippen molar-refractivity contribution in [3.05, 3.63) is 88.1 Å². The minimum absolute atomic E-state index is 0.149. The molecule has 0 saturated carbocycles. The van der Waals surface area contributed by atoms with Crippen molar-refractivity contribution in [2.24, 2.45) is 0 Å². The summed E-state index contributed by atoms with van der Waals surface area (Å²) in [6.07, 6.45) is 9.19. The quantitative estimate of drug-likeness (QED) is 0.178. The van der Waals surface area contributed by atoms with Crippen molar-refractivity contribution >= 4 is 39.8 Å². The number of hydrogen-bond acceptors (Lipinski definition) is 8. The van der Waals surface area contributed by atoms with Crippen LogP contribution >= 0.6 is 23.2 Å². The van der Waals surface area contributed by atoms with Crippen molar-refractivity contribution in [2.45, 2.75) is 52.0 Å². The maximum Gasteiger partial charge on any atom is 0.237 e. The maximum absolute atomic E-state index is 6.41. The summed E-state index contributed by atoms with van der Waals surface area (Å²) in [5.41, 5.74) is 6.05. The van der Waals surface area contributed by atoms with Gasteiger partial charge in [-0.15, -0.1) is 0 Å². The van der Waals surface area contributed by atoms with Gasteiger partial charge in [0, 0.05) is 60.1 Å². The molecule has 1 saturated heterocycles. The second-order valence-electron chi connectivity index (χ2n) is 10.5. The van der Waals surface area contributed by atoms with Crippen molar-refractivity contribution in [1.82, 2.24) is 24.7 Å². The lowest BCUT2D eigenvalue weighted by atomic mass is 10.1. The zero-order chi connectivity index (χ0) is 29.9. The van der Waals surface area contributed by atoms with E-state index in [0.717, 1.165) is 58.4 Å². The Labute approximate surface area is 260 Å². The topological polar surface area (TPSA) is 96.2 Å². The molecule has 222 valence electrons. The third kappa shape index (κ3) is 6.25. The first-order valence-corrected chi connectivity index (χ1v) is 15.0. The molecule has 1 aliphatic rings. The molecule has 11 heteroatoms. The first-order chi connectivity index (χ1) is 20.9. The van der Waals surface area contributed by atoms with Gasteiger partial charge in [-0.05, 0) is 75.1 Å². The molecule has 1 aromatic carbocycles. The molecule has 0 amide bonds. The van der Waals surface area contributed by atoms with Crippen LogP contribution in [0.2, 0.25) is 10.0 Å². The molecule has 5 aromatic rings. The highest BCUT2D eigenvalue weighted by Crippen LogP contribution is 2.38. The van der Waals surface area contributed by atoms with Gasteiger partial charge in [-0.3, -0.25) is 9.97 Å². The van der Waals surface area contributed by atoms with Crippen LogP contribution in [0.25, 0.3) is 22.2 Å². The second kappa shape index (κ2) is 12.8. The number of aryl methyl sites for hydroxylation is 1. The highest BCUT2D eigenvalue weighted by Gasteiger charge is 2.24. The largest absolute Gasteiger partial charge is 0.486 e. The third-order valence-electron chi connectivity index (χ3n) is 7.48. The molecule has 0 spiro atoms. The number of fused-ring (bicyclic) bond motifs is 1. The molecule has 0 aliphatic carbocycles. The van der Waals surface area contributed by atoms with Crippen LogP contribution in [0.5, 0.6) is 11.6 Å². The number of nitrogens with one attached hydrogen (secondary N) is 1. The van der Waals surface area contributed by atoms with Gasteiger partial charge in [0.25, 0.3) is 0 Å². The Morgan fingerprint density at radius 3 is 2.65 bits per heavy atom. The molecular weight excluding hydrogens is 587 g/mol. The lowest BCUT2D eigenvalue weighted by Crippen LogP contribution is -2.19. The molecule has 6 rings (SSSR count). The predicted molar refractivity (Wildman–Crippen MR) is 168 cm³/mol. The van der Waals surface area contributed by atoms with E-state index in [0.29, 0.717) is 40.4 Å². The van der Waals surface area contributed by atoms with Crippen molar-refractivity contribution in [3.63, 3.8) is 0 Å². The van der Waals surface area contributed by atoms with Gasteiger partial charge in [-0.2, -0.15) is 5.10 Å². The first-order valence-electron chi connectivity index (χ1n) is 14.2. The Kier molecular flexibility index (Phi) is 8.65. The number of halogens is 2. The standard InChI is InChI=1S/C32H32Cl2N6O3/c1-19-12-21(9-10-36-19)15-37-27-13-22(16-38-32(27)41-3)31-24-14-23(43-20(2)30-25(33)17-35-18-26(30)34)7-8-28(24)40(39-31)29-6-4-5-11-42-29/h7-10,12-14,16-18,20,29,37H,4-6,11,15H2,1-3H3/t20-,29?/m1/s1. The zero-order valence-electron chi connectivity index (χ0n) is 24.2. The average Bonchev–Trinajstić information content (AvgIpc) is 3.39. The van der Waals surface area contributed by atoms with Crippen LogP contribution < -0.4 is 14.8 Å².